The van der Waals surface area contributed by atoms with Crippen LogP contribution in [0.1, 0.15) is 51.5 Å². The van der Waals surface area contributed by atoms with Gasteiger partial charge in [0.2, 0.25) is 0 Å². The molecule has 172 valence electrons. The number of aromatic nitrogens is 2. The number of ether oxygens (including phenoxy) is 3. The fraction of sp³-hybridized carbons (Fsp3) is 0.652. The Kier molecular flexibility index (Phi) is 7.86. The molecule has 0 aliphatic heterocycles. The van der Waals surface area contributed by atoms with Crippen LogP contribution in [0, 0.1) is 12.8 Å². The summed E-state index contributed by atoms with van der Waals surface area (Å²) in [6.45, 7) is 5.50. The van der Waals surface area contributed by atoms with Crippen molar-refractivity contribution in [3.63, 3.8) is 0 Å². The molecule has 1 saturated carbocycles. The Balaban J connectivity index is 1.57. The number of hydrogen-bond acceptors (Lipinski definition) is 5. The summed E-state index contributed by atoms with van der Waals surface area (Å²) in [5.41, 5.74) is 2.41. The summed E-state index contributed by atoms with van der Waals surface area (Å²) in [5, 5.41) is 0. The highest BCUT2D eigenvalue weighted by molar-refractivity contribution is 5.82. The van der Waals surface area contributed by atoms with E-state index in [1.54, 1.807) is 19.1 Å². The predicted octanol–water partition coefficient (Wildman–Crippen LogP) is 4.85. The number of halogens is 2. The second kappa shape index (κ2) is 10.4. The van der Waals surface area contributed by atoms with E-state index in [4.69, 9.17) is 14.2 Å². The molecule has 0 bridgehead atoms. The number of aryl methyl sites for hydroxylation is 2. The van der Waals surface area contributed by atoms with Crippen LogP contribution in [0.25, 0.3) is 11.0 Å². The van der Waals surface area contributed by atoms with E-state index >= 15 is 0 Å². The summed E-state index contributed by atoms with van der Waals surface area (Å²) >= 11 is 0. The Morgan fingerprint density at radius 1 is 1.19 bits per heavy atom. The van der Waals surface area contributed by atoms with Gasteiger partial charge < -0.3 is 19.0 Å². The molecule has 0 amide bonds. The SMILES string of the molecule is CC(=O)C[C@@H](C)COC1CCC(Oc2nc3c(C)cc(OCC(F)F)cc3n2C)CC1. The first kappa shape index (κ1) is 23.4. The van der Waals surface area contributed by atoms with Crippen molar-refractivity contribution in [1.82, 2.24) is 9.55 Å². The molecule has 1 fully saturated rings. The second-order valence-electron chi connectivity index (χ2n) is 8.62. The lowest BCUT2D eigenvalue weighted by Crippen LogP contribution is -2.30. The van der Waals surface area contributed by atoms with E-state index in [-0.39, 0.29) is 23.9 Å². The van der Waals surface area contributed by atoms with Gasteiger partial charge in [-0.25, -0.2) is 8.78 Å². The number of carbonyl (C=O) groups excluding carboxylic acids is 1. The zero-order chi connectivity index (χ0) is 22.5. The number of ketones is 1. The van der Waals surface area contributed by atoms with E-state index in [0.29, 0.717) is 24.8 Å². The Hall–Kier alpha value is -2.22. The summed E-state index contributed by atoms with van der Waals surface area (Å²) in [7, 11) is 1.85. The summed E-state index contributed by atoms with van der Waals surface area (Å²) in [6, 6.07) is 3.96. The molecular weight excluding hydrogens is 406 g/mol. The first-order valence-corrected chi connectivity index (χ1v) is 10.9. The molecule has 8 heteroatoms. The molecule has 1 aliphatic rings. The average Bonchev–Trinajstić information content (AvgIpc) is 3.02. The number of nitrogens with zero attached hydrogens (tertiary/aromatic N) is 2. The molecule has 6 nitrogen and oxygen atoms in total. The maximum atomic E-state index is 12.5. The number of fused-ring (bicyclic) bond motifs is 1. The monoisotopic (exact) mass is 438 g/mol. The first-order chi connectivity index (χ1) is 14.7. The fourth-order valence-electron chi connectivity index (χ4n) is 4.07. The molecule has 1 atom stereocenters. The van der Waals surface area contributed by atoms with Crippen LogP contribution in [0.15, 0.2) is 12.1 Å². The number of alkyl halides is 2. The molecule has 0 spiro atoms. The fourth-order valence-corrected chi connectivity index (χ4v) is 4.07. The third-order valence-corrected chi connectivity index (χ3v) is 5.63. The van der Waals surface area contributed by atoms with Crippen molar-refractivity contribution in [2.24, 2.45) is 13.0 Å². The third-order valence-electron chi connectivity index (χ3n) is 5.63. The molecule has 1 aromatic heterocycles. The number of benzene rings is 1. The van der Waals surface area contributed by atoms with Crippen molar-refractivity contribution in [2.75, 3.05) is 13.2 Å². The zero-order valence-electron chi connectivity index (χ0n) is 18.7. The van der Waals surface area contributed by atoms with Gasteiger partial charge in [0, 0.05) is 26.1 Å². The lowest BCUT2D eigenvalue weighted by Gasteiger charge is -2.29. The molecule has 2 aromatic rings. The molecular formula is C23H32F2N2O4. The van der Waals surface area contributed by atoms with Gasteiger partial charge in [-0.2, -0.15) is 4.98 Å². The van der Waals surface area contributed by atoms with E-state index in [1.165, 1.54) is 0 Å². The van der Waals surface area contributed by atoms with Crippen LogP contribution < -0.4 is 9.47 Å². The normalized spacial score (nSPS) is 20.2. The number of imidazole rings is 1. The van der Waals surface area contributed by atoms with Crippen molar-refractivity contribution in [2.45, 2.75) is 71.5 Å². The molecule has 0 saturated heterocycles. The minimum atomic E-state index is -2.52. The van der Waals surface area contributed by atoms with E-state index in [1.807, 2.05) is 25.5 Å². The van der Waals surface area contributed by atoms with Crippen LogP contribution in [-0.4, -0.2) is 47.2 Å². The number of Topliss-reactive ketones (excluding diaryl/α,β-unsaturated/α-hetero) is 1. The van der Waals surface area contributed by atoms with Gasteiger partial charge in [0.25, 0.3) is 12.4 Å². The van der Waals surface area contributed by atoms with Gasteiger partial charge in [0.1, 0.15) is 24.2 Å². The van der Waals surface area contributed by atoms with Crippen LogP contribution in [0.3, 0.4) is 0 Å². The largest absolute Gasteiger partial charge is 0.488 e. The quantitative estimate of drug-likeness (QED) is 0.531. The lowest BCUT2D eigenvalue weighted by molar-refractivity contribution is -0.118. The van der Waals surface area contributed by atoms with Gasteiger partial charge in [-0.1, -0.05) is 6.92 Å². The summed E-state index contributed by atoms with van der Waals surface area (Å²) in [6.07, 6.45) is 1.86. The van der Waals surface area contributed by atoms with Gasteiger partial charge >= 0.3 is 0 Å². The van der Waals surface area contributed by atoms with Gasteiger partial charge in [-0.15, -0.1) is 0 Å². The standard InChI is InChI=1S/C23H32F2N2O4/c1-14(9-16(3)28)12-29-17-5-7-18(8-6-17)31-23-26-22-15(2)10-19(30-13-21(24)25)11-20(22)27(23)4/h10-11,14,17-18,21H,5-9,12-13H2,1-4H3/t14-,17?,18?/m1/s1. The summed E-state index contributed by atoms with van der Waals surface area (Å²) in [5.74, 6) is 0.833. The maximum Gasteiger partial charge on any atom is 0.297 e. The topological polar surface area (TPSA) is 62.6 Å². The van der Waals surface area contributed by atoms with Crippen LogP contribution in [0.2, 0.25) is 0 Å². The number of carbonyl (C=O) groups is 1. The molecule has 0 radical (unpaired) electrons. The highest BCUT2D eigenvalue weighted by Crippen LogP contribution is 2.31. The van der Waals surface area contributed by atoms with Crippen LogP contribution in [0.5, 0.6) is 11.8 Å². The van der Waals surface area contributed by atoms with Crippen LogP contribution >= 0.6 is 0 Å². The average molecular weight is 439 g/mol. The molecule has 31 heavy (non-hydrogen) atoms. The molecule has 0 unspecified atom stereocenters. The van der Waals surface area contributed by atoms with Gasteiger partial charge in [0.15, 0.2) is 0 Å². The summed E-state index contributed by atoms with van der Waals surface area (Å²) < 4.78 is 44.1. The smallest absolute Gasteiger partial charge is 0.297 e. The van der Waals surface area contributed by atoms with E-state index in [9.17, 15) is 13.6 Å². The van der Waals surface area contributed by atoms with E-state index in [0.717, 1.165) is 42.3 Å². The first-order valence-electron chi connectivity index (χ1n) is 10.9. The van der Waals surface area contributed by atoms with Crippen LogP contribution in [0.4, 0.5) is 8.78 Å². The molecule has 0 N–H and O–H groups in total. The van der Waals surface area contributed by atoms with Crippen molar-refractivity contribution in [3.8, 4) is 11.8 Å². The van der Waals surface area contributed by atoms with Crippen molar-refractivity contribution in [1.29, 1.82) is 0 Å². The number of rotatable bonds is 10. The lowest BCUT2D eigenvalue weighted by atomic mass is 9.95. The maximum absolute atomic E-state index is 12.5. The van der Waals surface area contributed by atoms with Crippen molar-refractivity contribution in [3.05, 3.63) is 17.7 Å². The Morgan fingerprint density at radius 2 is 1.87 bits per heavy atom. The second-order valence-corrected chi connectivity index (χ2v) is 8.62. The van der Waals surface area contributed by atoms with E-state index < -0.39 is 13.0 Å². The Labute approximate surface area is 181 Å². The van der Waals surface area contributed by atoms with Gasteiger partial charge in [-0.3, -0.25) is 4.57 Å². The highest BCUT2D eigenvalue weighted by Gasteiger charge is 2.25. The van der Waals surface area contributed by atoms with Crippen molar-refractivity contribution < 1.29 is 27.8 Å². The highest BCUT2D eigenvalue weighted by atomic mass is 19.3. The van der Waals surface area contributed by atoms with Crippen LogP contribution in [-0.2, 0) is 16.6 Å². The predicted molar refractivity (Wildman–Crippen MR) is 114 cm³/mol. The van der Waals surface area contributed by atoms with E-state index in [2.05, 4.69) is 4.98 Å². The third kappa shape index (κ3) is 6.38. The van der Waals surface area contributed by atoms with Gasteiger partial charge in [-0.05, 0) is 57.1 Å². The minimum absolute atomic E-state index is 0.0554. The van der Waals surface area contributed by atoms with Crippen molar-refractivity contribution >= 4 is 16.8 Å². The molecule has 3 rings (SSSR count). The Morgan fingerprint density at radius 3 is 2.52 bits per heavy atom. The zero-order valence-corrected chi connectivity index (χ0v) is 18.7. The molecule has 1 heterocycles. The molecule has 1 aromatic carbocycles. The minimum Gasteiger partial charge on any atom is -0.488 e. The molecule has 1 aliphatic carbocycles. The summed E-state index contributed by atoms with van der Waals surface area (Å²) in [4.78, 5) is 15.8. The number of hydrogen-bond donors (Lipinski definition) is 0. The van der Waals surface area contributed by atoms with Gasteiger partial charge in [0.05, 0.1) is 17.1 Å². The Bertz CT molecular complexity index is 891.